The van der Waals surface area contributed by atoms with Gasteiger partial charge in [-0.05, 0) is 34.9 Å². The van der Waals surface area contributed by atoms with Crippen molar-refractivity contribution in [3.8, 4) is 16.9 Å². The minimum atomic E-state index is -3.79. The summed E-state index contributed by atoms with van der Waals surface area (Å²) in [6.07, 6.45) is 0.567. The highest BCUT2D eigenvalue weighted by Gasteiger charge is 2.36. The van der Waals surface area contributed by atoms with Gasteiger partial charge < -0.3 is 14.6 Å². The second-order valence-corrected chi connectivity index (χ2v) is 8.82. The Morgan fingerprint density at radius 1 is 1.03 bits per heavy atom. The van der Waals surface area contributed by atoms with Crippen LogP contribution in [0, 0.1) is 0 Å². The van der Waals surface area contributed by atoms with E-state index in [1.807, 2.05) is 48.5 Å². The van der Waals surface area contributed by atoms with E-state index >= 15 is 0 Å². The first kappa shape index (κ1) is 21.0. The van der Waals surface area contributed by atoms with E-state index in [1.165, 1.54) is 5.56 Å². The van der Waals surface area contributed by atoms with E-state index in [4.69, 9.17) is 4.74 Å². The lowest BCUT2D eigenvalue weighted by atomic mass is 10.0. The molecule has 0 spiro atoms. The lowest BCUT2D eigenvalue weighted by Gasteiger charge is -2.20. The summed E-state index contributed by atoms with van der Waals surface area (Å²) in [6.45, 7) is 0.488. The van der Waals surface area contributed by atoms with Crippen molar-refractivity contribution in [2.24, 2.45) is 0 Å². The summed E-state index contributed by atoms with van der Waals surface area (Å²) in [6, 6.07) is 22.1. The van der Waals surface area contributed by atoms with Gasteiger partial charge in [-0.1, -0.05) is 54.6 Å². The fourth-order valence-electron chi connectivity index (χ4n) is 3.46. The van der Waals surface area contributed by atoms with E-state index in [9.17, 15) is 18.3 Å². The Morgan fingerprint density at radius 2 is 1.77 bits per heavy atom. The van der Waals surface area contributed by atoms with Crippen LogP contribution in [-0.2, 0) is 28.2 Å². The average Bonchev–Trinajstić information content (AvgIpc) is 3.15. The van der Waals surface area contributed by atoms with Crippen molar-refractivity contribution in [2.45, 2.75) is 19.3 Å². The van der Waals surface area contributed by atoms with Crippen molar-refractivity contribution in [2.75, 3.05) is 10.8 Å². The van der Waals surface area contributed by atoms with Gasteiger partial charge in [-0.25, -0.2) is 0 Å². The molecular weight excluding hydrogens is 416 g/mol. The van der Waals surface area contributed by atoms with Crippen molar-refractivity contribution >= 4 is 22.2 Å². The maximum Gasteiger partial charge on any atom is 0.302 e. The van der Waals surface area contributed by atoms with Gasteiger partial charge in [-0.2, -0.15) is 13.1 Å². The molecule has 3 aliphatic rings. The number of aldehydes is 1. The molecule has 0 saturated carbocycles. The summed E-state index contributed by atoms with van der Waals surface area (Å²) in [7, 11) is -3.79. The monoisotopic (exact) mass is 438 g/mol. The Labute approximate surface area is 181 Å². The highest BCUT2D eigenvalue weighted by molar-refractivity contribution is 7.91. The minimum absolute atomic E-state index is 0.0110. The van der Waals surface area contributed by atoms with Gasteiger partial charge in [0.25, 0.3) is 0 Å². The van der Waals surface area contributed by atoms with Gasteiger partial charge in [0.1, 0.15) is 18.6 Å². The fraction of sp³-hybridized carbons (Fsp3) is 0.174. The van der Waals surface area contributed by atoms with E-state index in [0.717, 1.165) is 27.8 Å². The number of hydrogen-bond donors (Lipinski definition) is 2. The number of nitrogens with one attached hydrogen (secondary N) is 1. The van der Waals surface area contributed by atoms with Crippen molar-refractivity contribution in [1.82, 2.24) is 4.72 Å². The van der Waals surface area contributed by atoms with E-state index in [1.54, 1.807) is 12.1 Å². The summed E-state index contributed by atoms with van der Waals surface area (Å²) < 4.78 is 33.0. The van der Waals surface area contributed by atoms with Crippen LogP contribution in [0.2, 0.25) is 0 Å². The normalized spacial score (nSPS) is 18.1. The third-order valence-corrected chi connectivity index (χ3v) is 6.60. The number of nitrogens with zero attached hydrogens (tertiary/aromatic N) is 1. The molecule has 2 bridgehead atoms. The molecule has 1 unspecified atom stereocenters. The average molecular weight is 439 g/mol. The molecule has 8 heteroatoms. The number of hydrogen-bond acceptors (Lipinski definition) is 5. The molecule has 2 N–H and O–H groups in total. The SMILES string of the molecule is O=CC1CN(c2cc(-c3ccccc3)ccc2CO)S(=O)(=O)N1.c1cc2ccc1CO2. The number of rotatable bonds is 4. The number of ether oxygens (including phenoxy) is 1. The summed E-state index contributed by atoms with van der Waals surface area (Å²) in [4.78, 5) is 10.9. The van der Waals surface area contributed by atoms with Crippen LogP contribution >= 0.6 is 0 Å². The Hall–Kier alpha value is -3.20. The predicted octanol–water partition coefficient (Wildman–Crippen LogP) is 2.65. The number of carbonyl (C=O) groups excluding carboxylic acids is 1. The molecule has 31 heavy (non-hydrogen) atoms. The molecule has 160 valence electrons. The molecule has 0 aliphatic carbocycles. The largest absolute Gasteiger partial charge is 0.489 e. The van der Waals surface area contributed by atoms with Crippen LogP contribution in [-0.4, -0.2) is 32.4 Å². The minimum Gasteiger partial charge on any atom is -0.489 e. The molecule has 3 heterocycles. The van der Waals surface area contributed by atoms with Gasteiger partial charge in [0.2, 0.25) is 0 Å². The zero-order valence-electron chi connectivity index (χ0n) is 16.6. The van der Waals surface area contributed by atoms with Crippen LogP contribution < -0.4 is 13.8 Å². The van der Waals surface area contributed by atoms with E-state index in [2.05, 4.69) is 16.9 Å². The van der Waals surface area contributed by atoms with Crippen molar-refractivity contribution in [1.29, 1.82) is 0 Å². The van der Waals surface area contributed by atoms with Gasteiger partial charge in [-0.3, -0.25) is 4.31 Å². The smallest absolute Gasteiger partial charge is 0.302 e. The number of carbonyl (C=O) groups is 1. The number of fused-ring (bicyclic) bond motifs is 3. The lowest BCUT2D eigenvalue weighted by molar-refractivity contribution is -0.108. The Morgan fingerprint density at radius 3 is 2.26 bits per heavy atom. The summed E-state index contributed by atoms with van der Waals surface area (Å²) >= 11 is 0. The topological polar surface area (TPSA) is 95.9 Å². The fourth-order valence-corrected chi connectivity index (χ4v) is 4.88. The highest BCUT2D eigenvalue weighted by Crippen LogP contribution is 2.31. The predicted molar refractivity (Wildman–Crippen MR) is 118 cm³/mol. The maximum atomic E-state index is 12.2. The first-order valence-electron chi connectivity index (χ1n) is 9.76. The van der Waals surface area contributed by atoms with Crippen molar-refractivity contribution < 1.29 is 23.1 Å². The molecule has 6 rings (SSSR count). The lowest BCUT2D eigenvalue weighted by Crippen LogP contribution is -2.31. The quantitative estimate of drug-likeness (QED) is 0.611. The van der Waals surface area contributed by atoms with Gasteiger partial charge >= 0.3 is 10.2 Å². The van der Waals surface area contributed by atoms with Gasteiger partial charge in [0, 0.05) is 5.56 Å². The third kappa shape index (κ3) is 4.61. The number of anilines is 1. The second-order valence-electron chi connectivity index (χ2n) is 7.20. The molecule has 1 saturated heterocycles. The third-order valence-electron chi connectivity index (χ3n) is 5.08. The van der Waals surface area contributed by atoms with E-state index in [0.29, 0.717) is 17.5 Å². The highest BCUT2D eigenvalue weighted by atomic mass is 32.2. The van der Waals surface area contributed by atoms with E-state index < -0.39 is 16.3 Å². The van der Waals surface area contributed by atoms with Crippen molar-refractivity contribution in [3.05, 3.63) is 83.9 Å². The first-order chi connectivity index (χ1) is 15.0. The van der Waals surface area contributed by atoms with Crippen LogP contribution in [0.3, 0.4) is 0 Å². The molecule has 7 nitrogen and oxygen atoms in total. The molecule has 1 fully saturated rings. The number of benzene rings is 3. The Balaban J connectivity index is 0.000000239. The summed E-state index contributed by atoms with van der Waals surface area (Å²) in [5.74, 6) is 0.986. The maximum absolute atomic E-state index is 12.2. The molecule has 0 radical (unpaired) electrons. The van der Waals surface area contributed by atoms with Crippen LogP contribution in [0.1, 0.15) is 11.1 Å². The molecule has 3 aromatic rings. The zero-order valence-corrected chi connectivity index (χ0v) is 17.5. The van der Waals surface area contributed by atoms with Gasteiger partial charge in [0.05, 0.1) is 24.9 Å². The Bertz CT molecular complexity index is 1140. The second kappa shape index (κ2) is 8.89. The van der Waals surface area contributed by atoms with Gasteiger partial charge in [-0.15, -0.1) is 0 Å². The number of aliphatic hydroxyl groups excluding tert-OH is 1. The van der Waals surface area contributed by atoms with Crippen LogP contribution in [0.4, 0.5) is 5.69 Å². The zero-order chi connectivity index (χ0) is 21.8. The molecule has 3 aliphatic heterocycles. The molecular formula is C23H22N2O5S. The van der Waals surface area contributed by atoms with Crippen LogP contribution in [0.15, 0.2) is 72.8 Å². The van der Waals surface area contributed by atoms with Crippen LogP contribution in [0.5, 0.6) is 5.75 Å². The molecule has 1 atom stereocenters. The standard InChI is InChI=1S/C16H16N2O4S.C7H6O/c19-10-14-7-6-13(12-4-2-1-3-5-12)8-16(14)18-9-15(11-20)17-23(18,21)22;1-3-7-4-2-6(1)5-8-7/h1-8,11,15,17,19H,9-10H2;1-4H,5H2. The van der Waals surface area contributed by atoms with E-state index in [-0.39, 0.29) is 13.2 Å². The van der Waals surface area contributed by atoms with Crippen molar-refractivity contribution in [3.63, 3.8) is 0 Å². The number of aliphatic hydroxyl groups is 1. The first-order valence-corrected chi connectivity index (χ1v) is 11.2. The summed E-state index contributed by atoms with van der Waals surface area (Å²) in [5, 5.41) is 9.52. The summed E-state index contributed by atoms with van der Waals surface area (Å²) in [5.41, 5.74) is 3.91. The van der Waals surface area contributed by atoms with Gasteiger partial charge in [0.15, 0.2) is 0 Å². The molecule has 0 amide bonds. The van der Waals surface area contributed by atoms with Crippen LogP contribution in [0.25, 0.3) is 11.1 Å². The Kier molecular flexibility index (Phi) is 6.03. The molecule has 3 aromatic carbocycles. The molecule has 0 aromatic heterocycles.